The van der Waals surface area contributed by atoms with E-state index >= 15 is 0 Å². The summed E-state index contributed by atoms with van der Waals surface area (Å²) < 4.78 is 15.8. The molecule has 0 radical (unpaired) electrons. The standard InChI is InChI=1S/C14H16N2O5/c1-2-6-20-11-5-3-4-10(7-11)14-16-15-12(21-14)8-19-9-13(17)18/h3-5,7H,2,6,8-9H2,1H3,(H,17,18). The minimum atomic E-state index is -1.05. The molecule has 2 aromatic rings. The van der Waals surface area contributed by atoms with Gasteiger partial charge in [0.1, 0.15) is 19.0 Å². The van der Waals surface area contributed by atoms with Crippen LogP contribution in [0, 0.1) is 0 Å². The van der Waals surface area contributed by atoms with Crippen LogP contribution >= 0.6 is 0 Å². The average molecular weight is 292 g/mol. The fraction of sp³-hybridized carbons (Fsp3) is 0.357. The normalized spacial score (nSPS) is 10.5. The van der Waals surface area contributed by atoms with Crippen LogP contribution in [0.3, 0.4) is 0 Å². The van der Waals surface area contributed by atoms with Crippen molar-refractivity contribution in [2.75, 3.05) is 13.2 Å². The van der Waals surface area contributed by atoms with Gasteiger partial charge in [-0.05, 0) is 24.6 Å². The third-order valence-electron chi connectivity index (χ3n) is 2.47. The quantitative estimate of drug-likeness (QED) is 0.796. The lowest BCUT2D eigenvalue weighted by molar-refractivity contribution is -0.142. The minimum absolute atomic E-state index is 0.0364. The van der Waals surface area contributed by atoms with Gasteiger partial charge in [0.05, 0.1) is 6.61 Å². The fourth-order valence-corrected chi connectivity index (χ4v) is 1.59. The van der Waals surface area contributed by atoms with Crippen LogP contribution < -0.4 is 4.74 Å². The van der Waals surface area contributed by atoms with Crippen LogP contribution in [0.5, 0.6) is 5.75 Å². The van der Waals surface area contributed by atoms with Gasteiger partial charge in [-0.25, -0.2) is 4.79 Å². The summed E-state index contributed by atoms with van der Waals surface area (Å²) in [6, 6.07) is 7.33. The van der Waals surface area contributed by atoms with Crippen LogP contribution in [-0.2, 0) is 16.1 Å². The zero-order valence-electron chi connectivity index (χ0n) is 11.6. The summed E-state index contributed by atoms with van der Waals surface area (Å²) in [4.78, 5) is 10.3. The summed E-state index contributed by atoms with van der Waals surface area (Å²) >= 11 is 0. The Morgan fingerprint density at radius 1 is 1.38 bits per heavy atom. The van der Waals surface area contributed by atoms with Gasteiger partial charge in [0, 0.05) is 5.56 Å². The second-order valence-electron chi connectivity index (χ2n) is 4.26. The van der Waals surface area contributed by atoms with E-state index in [-0.39, 0.29) is 12.5 Å². The highest BCUT2D eigenvalue weighted by Gasteiger charge is 2.10. The molecule has 0 bridgehead atoms. The molecule has 1 heterocycles. The summed E-state index contributed by atoms with van der Waals surface area (Å²) in [5.74, 6) is 0.253. The van der Waals surface area contributed by atoms with Gasteiger partial charge in [-0.3, -0.25) is 0 Å². The maximum absolute atomic E-state index is 10.3. The molecule has 1 aromatic carbocycles. The van der Waals surface area contributed by atoms with Gasteiger partial charge in [0.25, 0.3) is 0 Å². The smallest absolute Gasteiger partial charge is 0.329 e. The molecule has 0 atom stereocenters. The Kier molecular flexibility index (Phi) is 5.28. The van der Waals surface area contributed by atoms with Crippen molar-refractivity contribution in [3.63, 3.8) is 0 Å². The molecule has 7 heteroatoms. The molecule has 0 spiro atoms. The summed E-state index contributed by atoms with van der Waals surface area (Å²) in [7, 11) is 0. The van der Waals surface area contributed by atoms with Crippen LogP contribution in [0.2, 0.25) is 0 Å². The van der Waals surface area contributed by atoms with Gasteiger partial charge >= 0.3 is 5.97 Å². The van der Waals surface area contributed by atoms with Crippen molar-refractivity contribution in [2.24, 2.45) is 0 Å². The molecule has 0 fully saturated rings. The van der Waals surface area contributed by atoms with E-state index in [0.717, 1.165) is 17.7 Å². The number of carboxylic acid groups (broad SMARTS) is 1. The predicted octanol–water partition coefficient (Wildman–Crippen LogP) is 2.13. The first-order valence-electron chi connectivity index (χ1n) is 6.54. The largest absolute Gasteiger partial charge is 0.494 e. The van der Waals surface area contributed by atoms with Crippen LogP contribution in [0.25, 0.3) is 11.5 Å². The number of carboxylic acids is 1. The van der Waals surface area contributed by atoms with E-state index < -0.39 is 12.6 Å². The van der Waals surface area contributed by atoms with Crippen molar-refractivity contribution in [1.82, 2.24) is 10.2 Å². The number of hydrogen-bond acceptors (Lipinski definition) is 6. The van der Waals surface area contributed by atoms with Crippen molar-refractivity contribution >= 4 is 5.97 Å². The van der Waals surface area contributed by atoms with E-state index in [1.54, 1.807) is 0 Å². The number of aliphatic carboxylic acids is 1. The van der Waals surface area contributed by atoms with Crippen LogP contribution in [0.1, 0.15) is 19.2 Å². The summed E-state index contributed by atoms with van der Waals surface area (Å²) in [5.41, 5.74) is 0.737. The molecule has 0 aliphatic rings. The molecular formula is C14H16N2O5. The highest BCUT2D eigenvalue weighted by molar-refractivity contribution is 5.67. The lowest BCUT2D eigenvalue weighted by Gasteiger charge is -2.04. The molecule has 1 aromatic heterocycles. The van der Waals surface area contributed by atoms with Gasteiger partial charge in [-0.15, -0.1) is 10.2 Å². The number of ether oxygens (including phenoxy) is 2. The summed E-state index contributed by atoms with van der Waals surface area (Å²) in [6.45, 7) is 2.23. The molecule has 2 rings (SSSR count). The Bertz CT molecular complexity index is 597. The van der Waals surface area contributed by atoms with Gasteiger partial charge in [0.15, 0.2) is 0 Å². The van der Waals surface area contributed by atoms with Gasteiger partial charge in [0.2, 0.25) is 11.8 Å². The number of hydrogen-bond donors (Lipinski definition) is 1. The molecule has 0 amide bonds. The maximum Gasteiger partial charge on any atom is 0.329 e. The SMILES string of the molecule is CCCOc1cccc(-c2nnc(COCC(=O)O)o2)c1. The van der Waals surface area contributed by atoms with Crippen LogP contribution in [-0.4, -0.2) is 34.5 Å². The number of nitrogens with zero attached hydrogens (tertiary/aromatic N) is 2. The minimum Gasteiger partial charge on any atom is -0.494 e. The maximum atomic E-state index is 10.3. The van der Waals surface area contributed by atoms with E-state index in [4.69, 9.17) is 19.0 Å². The first kappa shape index (κ1) is 15.0. The van der Waals surface area contributed by atoms with Crippen LogP contribution in [0.15, 0.2) is 28.7 Å². The average Bonchev–Trinajstić information content (AvgIpc) is 2.94. The molecule has 0 aliphatic heterocycles. The van der Waals surface area contributed by atoms with E-state index in [1.807, 2.05) is 31.2 Å². The first-order valence-corrected chi connectivity index (χ1v) is 6.54. The molecule has 7 nitrogen and oxygen atoms in total. The Hall–Kier alpha value is -2.41. The van der Waals surface area contributed by atoms with E-state index in [2.05, 4.69) is 10.2 Å². The molecular weight excluding hydrogens is 276 g/mol. The second-order valence-corrected chi connectivity index (χ2v) is 4.26. The first-order chi connectivity index (χ1) is 10.2. The number of aromatic nitrogens is 2. The molecule has 0 aliphatic carbocycles. The van der Waals surface area contributed by atoms with E-state index in [9.17, 15) is 4.79 Å². The lowest BCUT2D eigenvalue weighted by atomic mass is 10.2. The van der Waals surface area contributed by atoms with Crippen molar-refractivity contribution in [3.05, 3.63) is 30.2 Å². The van der Waals surface area contributed by atoms with Crippen molar-refractivity contribution in [1.29, 1.82) is 0 Å². The Labute approximate surface area is 121 Å². The molecule has 112 valence electrons. The predicted molar refractivity (Wildman–Crippen MR) is 72.8 cm³/mol. The molecule has 0 saturated heterocycles. The van der Waals surface area contributed by atoms with Crippen molar-refractivity contribution < 1.29 is 23.8 Å². The zero-order valence-corrected chi connectivity index (χ0v) is 11.6. The fourth-order valence-electron chi connectivity index (χ4n) is 1.59. The highest BCUT2D eigenvalue weighted by Crippen LogP contribution is 2.23. The summed E-state index contributed by atoms with van der Waals surface area (Å²) in [6.07, 6.45) is 0.926. The lowest BCUT2D eigenvalue weighted by Crippen LogP contribution is -2.06. The molecule has 0 unspecified atom stereocenters. The highest BCUT2D eigenvalue weighted by atomic mass is 16.5. The van der Waals surface area contributed by atoms with Crippen molar-refractivity contribution in [2.45, 2.75) is 20.0 Å². The molecule has 0 saturated carbocycles. The monoisotopic (exact) mass is 292 g/mol. The number of rotatable bonds is 8. The van der Waals surface area contributed by atoms with Gasteiger partial charge in [-0.1, -0.05) is 13.0 Å². The number of carbonyl (C=O) groups is 1. The molecule has 21 heavy (non-hydrogen) atoms. The molecule has 1 N–H and O–H groups in total. The zero-order chi connectivity index (χ0) is 15.1. The van der Waals surface area contributed by atoms with E-state index in [0.29, 0.717) is 12.5 Å². The topological polar surface area (TPSA) is 94.7 Å². The summed E-state index contributed by atoms with van der Waals surface area (Å²) in [5, 5.41) is 16.2. The van der Waals surface area contributed by atoms with Gasteiger partial charge in [-0.2, -0.15) is 0 Å². The van der Waals surface area contributed by atoms with Gasteiger partial charge < -0.3 is 19.0 Å². The van der Waals surface area contributed by atoms with E-state index in [1.165, 1.54) is 0 Å². The third kappa shape index (κ3) is 4.57. The Balaban J connectivity index is 2.01. The van der Waals surface area contributed by atoms with Crippen molar-refractivity contribution in [3.8, 4) is 17.2 Å². The Morgan fingerprint density at radius 2 is 2.24 bits per heavy atom. The third-order valence-corrected chi connectivity index (χ3v) is 2.47. The number of benzene rings is 1. The van der Waals surface area contributed by atoms with Crippen LogP contribution in [0.4, 0.5) is 0 Å². The second kappa shape index (κ2) is 7.39. The Morgan fingerprint density at radius 3 is 3.00 bits per heavy atom.